The molecule has 12 heavy (non-hydrogen) atoms. The minimum atomic E-state index is -4.40. The second kappa shape index (κ2) is 2.85. The van der Waals surface area contributed by atoms with E-state index in [1.54, 1.807) is 0 Å². The molecule has 66 valence electrons. The van der Waals surface area contributed by atoms with Gasteiger partial charge in [-0.2, -0.15) is 8.42 Å². The van der Waals surface area contributed by atoms with E-state index in [1.165, 1.54) is 5.38 Å². The highest BCUT2D eigenvalue weighted by atomic mass is 32.3. The van der Waals surface area contributed by atoms with Crippen LogP contribution in [0.5, 0.6) is 0 Å². The van der Waals surface area contributed by atoms with Crippen LogP contribution in [-0.4, -0.2) is 24.0 Å². The molecule has 2 N–H and O–H groups in total. The van der Waals surface area contributed by atoms with E-state index < -0.39 is 25.9 Å². The van der Waals surface area contributed by atoms with Crippen molar-refractivity contribution in [3.05, 3.63) is 17.0 Å². The van der Waals surface area contributed by atoms with Gasteiger partial charge in [0.15, 0.2) is 4.21 Å². The first-order valence-electron chi connectivity index (χ1n) is 2.71. The lowest BCUT2D eigenvalue weighted by Crippen LogP contribution is -2.03. The molecule has 0 aromatic carbocycles. The summed E-state index contributed by atoms with van der Waals surface area (Å²) in [5, 5.41) is 9.73. The van der Waals surface area contributed by atoms with Crippen molar-refractivity contribution in [3.63, 3.8) is 0 Å². The van der Waals surface area contributed by atoms with E-state index >= 15 is 0 Å². The van der Waals surface area contributed by atoms with Crippen LogP contribution in [0.3, 0.4) is 0 Å². The predicted octanol–water partition coefficient (Wildman–Crippen LogP) is 0.693. The topological polar surface area (TPSA) is 91.7 Å². The lowest BCUT2D eigenvalue weighted by molar-refractivity contribution is 0.0693. The molecule has 0 atom stereocenters. The van der Waals surface area contributed by atoms with Crippen molar-refractivity contribution in [2.45, 2.75) is 4.21 Å². The van der Waals surface area contributed by atoms with Crippen LogP contribution in [-0.2, 0) is 10.1 Å². The van der Waals surface area contributed by atoms with E-state index in [1.807, 2.05) is 0 Å². The first kappa shape index (κ1) is 9.17. The third-order valence-electron chi connectivity index (χ3n) is 1.09. The highest BCUT2D eigenvalue weighted by Gasteiger charge is 2.21. The molecule has 1 aromatic heterocycles. The molecule has 7 heteroatoms. The Bertz CT molecular complexity index is 401. The molecule has 0 spiro atoms. The van der Waals surface area contributed by atoms with Crippen LogP contribution in [0.25, 0.3) is 0 Å². The first-order valence-corrected chi connectivity index (χ1v) is 5.03. The Labute approximate surface area is 72.0 Å². The summed E-state index contributed by atoms with van der Waals surface area (Å²) in [6.45, 7) is 0. The molecule has 5 nitrogen and oxygen atoms in total. The Morgan fingerprint density at radius 2 is 2.08 bits per heavy atom. The molecule has 0 aliphatic heterocycles. The van der Waals surface area contributed by atoms with Crippen LogP contribution >= 0.6 is 11.3 Å². The van der Waals surface area contributed by atoms with Crippen molar-refractivity contribution in [3.8, 4) is 0 Å². The van der Waals surface area contributed by atoms with E-state index in [0.29, 0.717) is 11.3 Å². The van der Waals surface area contributed by atoms with Gasteiger partial charge < -0.3 is 5.11 Å². The van der Waals surface area contributed by atoms with Crippen LogP contribution in [0.2, 0.25) is 0 Å². The lowest BCUT2D eigenvalue weighted by atomic mass is 10.4. The first-order chi connectivity index (χ1) is 5.43. The van der Waals surface area contributed by atoms with Gasteiger partial charge in [-0.15, -0.1) is 11.3 Å². The molecule has 0 aliphatic rings. The molecule has 1 heterocycles. The van der Waals surface area contributed by atoms with E-state index in [-0.39, 0.29) is 0 Å². The van der Waals surface area contributed by atoms with Gasteiger partial charge in [0.05, 0.1) is 5.56 Å². The third-order valence-corrected chi connectivity index (χ3v) is 3.41. The van der Waals surface area contributed by atoms with Crippen molar-refractivity contribution in [2.75, 3.05) is 0 Å². The van der Waals surface area contributed by atoms with Crippen LogP contribution in [0.15, 0.2) is 15.7 Å². The van der Waals surface area contributed by atoms with Crippen molar-refractivity contribution in [2.24, 2.45) is 0 Å². The van der Waals surface area contributed by atoms with Gasteiger partial charge in [-0.3, -0.25) is 4.55 Å². The van der Waals surface area contributed by atoms with Crippen molar-refractivity contribution in [1.82, 2.24) is 0 Å². The highest BCUT2D eigenvalue weighted by Crippen LogP contribution is 2.21. The van der Waals surface area contributed by atoms with E-state index in [2.05, 4.69) is 0 Å². The summed E-state index contributed by atoms with van der Waals surface area (Å²) in [5.41, 5.74) is -0.400. The van der Waals surface area contributed by atoms with Crippen molar-refractivity contribution in [1.29, 1.82) is 0 Å². The maximum absolute atomic E-state index is 10.5. The zero-order valence-electron chi connectivity index (χ0n) is 5.59. The van der Waals surface area contributed by atoms with Gasteiger partial charge in [-0.1, -0.05) is 0 Å². The van der Waals surface area contributed by atoms with Gasteiger partial charge in [-0.25, -0.2) is 4.79 Å². The maximum Gasteiger partial charge on any atom is 0.337 e. The molecular formula is C5H4O5S2. The minimum absolute atomic E-state index is 0.400. The highest BCUT2D eigenvalue weighted by molar-refractivity contribution is 7.88. The van der Waals surface area contributed by atoms with Crippen molar-refractivity contribution >= 4 is 27.4 Å². The molecule has 0 radical (unpaired) electrons. The monoisotopic (exact) mass is 208 g/mol. The zero-order valence-corrected chi connectivity index (χ0v) is 7.22. The Morgan fingerprint density at radius 1 is 1.50 bits per heavy atom. The van der Waals surface area contributed by atoms with Gasteiger partial charge in [0.2, 0.25) is 0 Å². The average molecular weight is 208 g/mol. The molecule has 0 amide bonds. The molecule has 0 saturated carbocycles. The lowest BCUT2D eigenvalue weighted by Gasteiger charge is -1.92. The van der Waals surface area contributed by atoms with Gasteiger partial charge >= 0.3 is 16.1 Å². The van der Waals surface area contributed by atoms with E-state index in [0.717, 1.165) is 6.07 Å². The Kier molecular flexibility index (Phi) is 2.18. The van der Waals surface area contributed by atoms with Gasteiger partial charge in [-0.05, 0) is 11.4 Å². The number of rotatable bonds is 2. The standard InChI is InChI=1S/C5H4O5S2/c6-4(7)3-1-2-11-5(3)12(8,9)10/h1-2H,(H,6,7)(H,8,9,10). The number of thiophene rings is 1. The number of carboxylic acids is 1. The normalized spacial score (nSPS) is 11.4. The minimum Gasteiger partial charge on any atom is -0.478 e. The summed E-state index contributed by atoms with van der Waals surface area (Å²) >= 11 is 0.666. The van der Waals surface area contributed by atoms with Crippen LogP contribution in [0.4, 0.5) is 0 Å². The fourth-order valence-electron chi connectivity index (χ4n) is 0.654. The number of carboxylic acid groups (broad SMARTS) is 1. The number of carbonyl (C=O) groups is 1. The summed E-state index contributed by atoms with van der Waals surface area (Å²) in [5.74, 6) is -1.37. The van der Waals surface area contributed by atoms with Gasteiger partial charge in [0.1, 0.15) is 0 Å². The fraction of sp³-hybridized carbons (Fsp3) is 0. The summed E-state index contributed by atoms with van der Waals surface area (Å²) < 4.78 is 29.0. The maximum atomic E-state index is 10.5. The average Bonchev–Trinajstić information content (AvgIpc) is 2.30. The number of hydrogen-bond acceptors (Lipinski definition) is 4. The number of aromatic carboxylic acids is 1. The molecule has 0 bridgehead atoms. The van der Waals surface area contributed by atoms with Crippen LogP contribution in [0, 0.1) is 0 Å². The predicted molar refractivity (Wildman–Crippen MR) is 41.1 cm³/mol. The second-order valence-electron chi connectivity index (χ2n) is 1.90. The zero-order chi connectivity index (χ0) is 9.35. The van der Waals surface area contributed by atoms with Crippen molar-refractivity contribution < 1.29 is 22.9 Å². The Hall–Kier alpha value is -0.920. The van der Waals surface area contributed by atoms with Crippen LogP contribution in [0.1, 0.15) is 10.4 Å². The summed E-state index contributed by atoms with van der Waals surface area (Å²) in [6, 6.07) is 1.12. The molecule has 0 unspecified atom stereocenters. The van der Waals surface area contributed by atoms with Gasteiger partial charge in [0.25, 0.3) is 0 Å². The summed E-state index contributed by atoms with van der Waals surface area (Å²) in [7, 11) is -4.40. The summed E-state index contributed by atoms with van der Waals surface area (Å²) in [4.78, 5) is 10.4. The smallest absolute Gasteiger partial charge is 0.337 e. The molecule has 0 fully saturated rings. The molecule has 0 aliphatic carbocycles. The van der Waals surface area contributed by atoms with E-state index in [4.69, 9.17) is 9.66 Å². The Morgan fingerprint density at radius 3 is 2.42 bits per heavy atom. The molecular weight excluding hydrogens is 204 g/mol. The van der Waals surface area contributed by atoms with Crippen LogP contribution < -0.4 is 0 Å². The fourth-order valence-corrected chi connectivity index (χ4v) is 2.35. The molecule has 1 aromatic rings. The second-order valence-corrected chi connectivity index (χ2v) is 4.43. The quantitative estimate of drug-likeness (QED) is 0.698. The Balaban J connectivity index is 3.36. The third kappa shape index (κ3) is 1.63. The summed E-state index contributed by atoms with van der Waals surface area (Å²) in [6.07, 6.45) is 0. The molecule has 1 rings (SSSR count). The largest absolute Gasteiger partial charge is 0.478 e. The van der Waals surface area contributed by atoms with E-state index in [9.17, 15) is 13.2 Å². The number of hydrogen-bond donors (Lipinski definition) is 2. The SMILES string of the molecule is O=C(O)c1ccsc1S(=O)(=O)O. The molecule has 0 saturated heterocycles. The van der Waals surface area contributed by atoms with Gasteiger partial charge in [0, 0.05) is 0 Å².